The van der Waals surface area contributed by atoms with Gasteiger partial charge in [-0.25, -0.2) is 13.1 Å². The lowest BCUT2D eigenvalue weighted by Gasteiger charge is -2.16. The van der Waals surface area contributed by atoms with Crippen LogP contribution in [0, 0.1) is 5.92 Å². The number of benzene rings is 1. The van der Waals surface area contributed by atoms with Crippen molar-refractivity contribution in [1.29, 1.82) is 0 Å². The van der Waals surface area contributed by atoms with Gasteiger partial charge in [-0.3, -0.25) is 0 Å². The molecule has 0 spiro atoms. The lowest BCUT2D eigenvalue weighted by molar-refractivity contribution is 0.485. The predicted octanol–water partition coefficient (Wildman–Crippen LogP) is 3.55. The molecule has 0 amide bonds. The first-order valence-corrected chi connectivity index (χ1v) is 8.37. The van der Waals surface area contributed by atoms with Crippen LogP contribution in [-0.2, 0) is 10.0 Å². The average molecular weight is 334 g/mol. The molecule has 0 bridgehead atoms. The third-order valence-electron chi connectivity index (χ3n) is 2.66. The van der Waals surface area contributed by atoms with E-state index in [1.165, 1.54) is 0 Å². The molecular formula is C13H20BrNO2S. The summed E-state index contributed by atoms with van der Waals surface area (Å²) in [5.74, 6) is 0.584. The van der Waals surface area contributed by atoms with E-state index in [1.807, 2.05) is 6.92 Å². The summed E-state index contributed by atoms with van der Waals surface area (Å²) in [5.41, 5.74) is 0. The van der Waals surface area contributed by atoms with Gasteiger partial charge in [0, 0.05) is 10.5 Å². The van der Waals surface area contributed by atoms with Gasteiger partial charge in [-0.2, -0.15) is 0 Å². The first-order chi connectivity index (χ1) is 8.33. The Morgan fingerprint density at radius 2 is 1.78 bits per heavy atom. The maximum atomic E-state index is 12.2. The highest BCUT2D eigenvalue weighted by atomic mass is 79.9. The van der Waals surface area contributed by atoms with Gasteiger partial charge in [-0.1, -0.05) is 26.0 Å². The van der Waals surface area contributed by atoms with Crippen molar-refractivity contribution in [1.82, 2.24) is 4.72 Å². The molecule has 102 valence electrons. The van der Waals surface area contributed by atoms with Gasteiger partial charge in [0.05, 0.1) is 4.90 Å². The van der Waals surface area contributed by atoms with Crippen LogP contribution in [0.2, 0.25) is 0 Å². The second-order valence-corrected chi connectivity index (χ2v) is 7.46. The van der Waals surface area contributed by atoms with Crippen molar-refractivity contribution in [3.05, 3.63) is 28.7 Å². The topological polar surface area (TPSA) is 46.2 Å². The second kappa shape index (κ2) is 6.68. The third kappa shape index (κ3) is 4.71. The van der Waals surface area contributed by atoms with Crippen molar-refractivity contribution in [2.75, 3.05) is 0 Å². The molecule has 0 aliphatic rings. The highest BCUT2D eigenvalue weighted by Crippen LogP contribution is 2.21. The van der Waals surface area contributed by atoms with Crippen LogP contribution in [0.5, 0.6) is 0 Å². The van der Waals surface area contributed by atoms with Crippen LogP contribution in [0.4, 0.5) is 0 Å². The molecule has 0 saturated heterocycles. The molecule has 1 N–H and O–H groups in total. The Labute approximate surface area is 118 Å². The third-order valence-corrected chi connectivity index (χ3v) is 5.26. The molecule has 0 aliphatic heterocycles. The number of halogens is 1. The van der Waals surface area contributed by atoms with Gasteiger partial charge in [0.1, 0.15) is 0 Å². The van der Waals surface area contributed by atoms with Gasteiger partial charge in [0.2, 0.25) is 10.0 Å². The number of sulfonamides is 1. The summed E-state index contributed by atoms with van der Waals surface area (Å²) in [6.45, 7) is 6.17. The SMILES string of the molecule is CC(C)CCC(C)NS(=O)(=O)c1ccccc1Br. The highest BCUT2D eigenvalue weighted by molar-refractivity contribution is 9.10. The number of hydrogen-bond acceptors (Lipinski definition) is 2. The Morgan fingerprint density at radius 3 is 2.33 bits per heavy atom. The van der Waals surface area contributed by atoms with Crippen LogP contribution >= 0.6 is 15.9 Å². The molecule has 0 fully saturated rings. The van der Waals surface area contributed by atoms with Gasteiger partial charge >= 0.3 is 0 Å². The molecule has 18 heavy (non-hydrogen) atoms. The fourth-order valence-electron chi connectivity index (χ4n) is 1.63. The summed E-state index contributed by atoms with van der Waals surface area (Å²) in [6.07, 6.45) is 1.86. The Morgan fingerprint density at radius 1 is 1.17 bits per heavy atom. The molecule has 5 heteroatoms. The van der Waals surface area contributed by atoms with E-state index in [1.54, 1.807) is 24.3 Å². The summed E-state index contributed by atoms with van der Waals surface area (Å²) in [5, 5.41) is 0. The Kier molecular flexibility index (Phi) is 5.82. The minimum absolute atomic E-state index is 0.0514. The molecule has 1 aromatic carbocycles. The van der Waals surface area contributed by atoms with E-state index in [-0.39, 0.29) is 6.04 Å². The Hall–Kier alpha value is -0.390. The van der Waals surface area contributed by atoms with Gasteiger partial charge in [0.25, 0.3) is 0 Å². The summed E-state index contributed by atoms with van der Waals surface area (Å²) in [4.78, 5) is 0.293. The van der Waals surface area contributed by atoms with Gasteiger partial charge in [-0.15, -0.1) is 0 Å². The van der Waals surface area contributed by atoms with Gasteiger partial charge in [0.15, 0.2) is 0 Å². The Balaban J connectivity index is 2.74. The molecule has 1 aromatic rings. The normalized spacial score (nSPS) is 13.8. The lowest BCUT2D eigenvalue weighted by Crippen LogP contribution is -2.33. The van der Waals surface area contributed by atoms with E-state index < -0.39 is 10.0 Å². The molecule has 0 aromatic heterocycles. The molecule has 0 radical (unpaired) electrons. The average Bonchev–Trinajstić information content (AvgIpc) is 2.26. The minimum atomic E-state index is -3.43. The van der Waals surface area contributed by atoms with E-state index in [2.05, 4.69) is 34.5 Å². The smallest absolute Gasteiger partial charge is 0.208 e. The summed E-state index contributed by atoms with van der Waals surface area (Å²) < 4.78 is 27.6. The largest absolute Gasteiger partial charge is 0.241 e. The summed E-state index contributed by atoms with van der Waals surface area (Å²) in [6, 6.07) is 6.79. The number of rotatable bonds is 6. The van der Waals surface area contributed by atoms with Gasteiger partial charge < -0.3 is 0 Å². The fourth-order valence-corrected chi connectivity index (χ4v) is 3.91. The molecule has 0 aliphatic carbocycles. The molecule has 1 atom stereocenters. The molecular weight excluding hydrogens is 314 g/mol. The highest BCUT2D eigenvalue weighted by Gasteiger charge is 2.19. The van der Waals surface area contributed by atoms with Crippen molar-refractivity contribution in [2.45, 2.75) is 44.6 Å². The van der Waals surface area contributed by atoms with Crippen molar-refractivity contribution < 1.29 is 8.42 Å². The van der Waals surface area contributed by atoms with Crippen molar-refractivity contribution in [3.63, 3.8) is 0 Å². The predicted molar refractivity (Wildman–Crippen MR) is 78.0 cm³/mol. The van der Waals surface area contributed by atoms with E-state index in [0.29, 0.717) is 15.3 Å². The fraction of sp³-hybridized carbons (Fsp3) is 0.538. The molecule has 0 heterocycles. The van der Waals surface area contributed by atoms with Crippen molar-refractivity contribution in [2.24, 2.45) is 5.92 Å². The van der Waals surface area contributed by atoms with E-state index in [0.717, 1.165) is 12.8 Å². The van der Waals surface area contributed by atoms with Crippen molar-refractivity contribution >= 4 is 26.0 Å². The zero-order valence-electron chi connectivity index (χ0n) is 11.0. The zero-order chi connectivity index (χ0) is 13.8. The quantitative estimate of drug-likeness (QED) is 0.865. The monoisotopic (exact) mass is 333 g/mol. The van der Waals surface area contributed by atoms with E-state index >= 15 is 0 Å². The first-order valence-electron chi connectivity index (χ1n) is 6.10. The zero-order valence-corrected chi connectivity index (χ0v) is 13.4. The van der Waals surface area contributed by atoms with Crippen LogP contribution in [-0.4, -0.2) is 14.5 Å². The van der Waals surface area contributed by atoms with E-state index in [4.69, 9.17) is 0 Å². The van der Waals surface area contributed by atoms with Crippen LogP contribution in [0.15, 0.2) is 33.6 Å². The first kappa shape index (κ1) is 15.7. The van der Waals surface area contributed by atoms with Crippen LogP contribution < -0.4 is 4.72 Å². The van der Waals surface area contributed by atoms with Crippen LogP contribution in [0.25, 0.3) is 0 Å². The Bertz CT molecular complexity index is 486. The maximum absolute atomic E-state index is 12.2. The molecule has 1 rings (SSSR count). The number of hydrogen-bond donors (Lipinski definition) is 1. The molecule has 1 unspecified atom stereocenters. The van der Waals surface area contributed by atoms with Crippen molar-refractivity contribution in [3.8, 4) is 0 Å². The summed E-state index contributed by atoms with van der Waals surface area (Å²) in [7, 11) is -3.43. The van der Waals surface area contributed by atoms with E-state index in [9.17, 15) is 8.42 Å². The van der Waals surface area contributed by atoms with Crippen LogP contribution in [0.1, 0.15) is 33.6 Å². The standard InChI is InChI=1S/C13H20BrNO2S/c1-10(2)8-9-11(3)15-18(16,17)13-7-5-4-6-12(13)14/h4-7,10-11,15H,8-9H2,1-3H3. The maximum Gasteiger partial charge on any atom is 0.241 e. The summed E-state index contributed by atoms with van der Waals surface area (Å²) >= 11 is 3.27. The molecule has 0 saturated carbocycles. The number of nitrogens with one attached hydrogen (secondary N) is 1. The van der Waals surface area contributed by atoms with Gasteiger partial charge in [-0.05, 0) is 53.7 Å². The molecule has 3 nitrogen and oxygen atoms in total. The second-order valence-electron chi connectivity index (χ2n) is 4.92. The van der Waals surface area contributed by atoms with Crippen LogP contribution in [0.3, 0.4) is 0 Å². The minimum Gasteiger partial charge on any atom is -0.208 e. The lowest BCUT2D eigenvalue weighted by atomic mass is 10.1.